The van der Waals surface area contributed by atoms with Gasteiger partial charge in [-0.2, -0.15) is 0 Å². The highest BCUT2D eigenvalue weighted by atomic mass is 16.5. The Balaban J connectivity index is 1.31. The van der Waals surface area contributed by atoms with Crippen molar-refractivity contribution in [1.29, 1.82) is 0 Å². The van der Waals surface area contributed by atoms with Crippen LogP contribution in [0.3, 0.4) is 0 Å². The SMILES string of the molecule is COc1ccccc1O[C@@H]1CCN(CC2Cc3ccccc3C2)C[C@H]1C. The van der Waals surface area contributed by atoms with Crippen LogP contribution in [0.4, 0.5) is 0 Å². The van der Waals surface area contributed by atoms with Crippen LogP contribution in [0.5, 0.6) is 11.5 Å². The standard InChI is InChI=1S/C23H29NO2/c1-17-15-24(16-18-13-19-7-3-4-8-20(19)14-18)12-11-21(17)26-23-10-6-5-9-22(23)25-2/h3-10,17-18,21H,11-16H2,1-2H3/t17-,21-/m1/s1. The summed E-state index contributed by atoms with van der Waals surface area (Å²) in [6.45, 7) is 5.76. The Morgan fingerprint density at radius 1 is 0.962 bits per heavy atom. The second-order valence-corrected chi connectivity index (χ2v) is 7.88. The van der Waals surface area contributed by atoms with Gasteiger partial charge < -0.3 is 14.4 Å². The van der Waals surface area contributed by atoms with Crippen molar-refractivity contribution in [3.8, 4) is 11.5 Å². The van der Waals surface area contributed by atoms with Crippen molar-refractivity contribution in [2.75, 3.05) is 26.7 Å². The molecule has 0 amide bonds. The third-order valence-electron chi connectivity index (χ3n) is 5.91. The highest BCUT2D eigenvalue weighted by Gasteiger charge is 2.30. The smallest absolute Gasteiger partial charge is 0.161 e. The first kappa shape index (κ1) is 17.4. The van der Waals surface area contributed by atoms with Gasteiger partial charge >= 0.3 is 0 Å². The Morgan fingerprint density at radius 3 is 2.27 bits per heavy atom. The van der Waals surface area contributed by atoms with Crippen LogP contribution in [-0.2, 0) is 12.8 Å². The van der Waals surface area contributed by atoms with Gasteiger partial charge in [0.25, 0.3) is 0 Å². The normalized spacial score (nSPS) is 23.6. The number of hydrogen-bond donors (Lipinski definition) is 0. The molecule has 1 aliphatic heterocycles. The van der Waals surface area contributed by atoms with E-state index in [9.17, 15) is 0 Å². The number of likely N-dealkylation sites (tertiary alicyclic amines) is 1. The molecule has 0 unspecified atom stereocenters. The number of benzene rings is 2. The Kier molecular flexibility index (Phi) is 5.16. The maximum atomic E-state index is 6.31. The van der Waals surface area contributed by atoms with Gasteiger partial charge in [0.2, 0.25) is 0 Å². The number of fused-ring (bicyclic) bond motifs is 1. The number of ether oxygens (including phenoxy) is 2. The molecule has 3 nitrogen and oxygen atoms in total. The minimum absolute atomic E-state index is 0.267. The summed E-state index contributed by atoms with van der Waals surface area (Å²) in [5.41, 5.74) is 3.11. The summed E-state index contributed by atoms with van der Waals surface area (Å²) >= 11 is 0. The molecular weight excluding hydrogens is 322 g/mol. The lowest BCUT2D eigenvalue weighted by Gasteiger charge is -2.38. The largest absolute Gasteiger partial charge is 0.493 e. The van der Waals surface area contributed by atoms with Crippen molar-refractivity contribution in [3.63, 3.8) is 0 Å². The fourth-order valence-corrected chi connectivity index (χ4v) is 4.57. The van der Waals surface area contributed by atoms with Gasteiger partial charge in [-0.1, -0.05) is 43.3 Å². The lowest BCUT2D eigenvalue weighted by Crippen LogP contribution is -2.46. The molecule has 1 heterocycles. The van der Waals surface area contributed by atoms with Crippen LogP contribution in [0, 0.1) is 11.8 Å². The number of para-hydroxylation sites is 2. The van der Waals surface area contributed by atoms with E-state index in [0.717, 1.165) is 36.9 Å². The monoisotopic (exact) mass is 351 g/mol. The van der Waals surface area contributed by atoms with Crippen LogP contribution in [0.25, 0.3) is 0 Å². The van der Waals surface area contributed by atoms with Gasteiger partial charge in [-0.05, 0) is 48.4 Å². The van der Waals surface area contributed by atoms with Crippen molar-refractivity contribution in [3.05, 3.63) is 59.7 Å². The quantitative estimate of drug-likeness (QED) is 0.806. The molecule has 0 bridgehead atoms. The summed E-state index contributed by atoms with van der Waals surface area (Å²) in [4.78, 5) is 2.64. The third kappa shape index (κ3) is 3.73. The van der Waals surface area contributed by atoms with Gasteiger partial charge in [-0.3, -0.25) is 0 Å². The summed E-state index contributed by atoms with van der Waals surface area (Å²) < 4.78 is 11.7. The number of methoxy groups -OCH3 is 1. The molecule has 0 radical (unpaired) electrons. The van der Waals surface area contributed by atoms with Crippen LogP contribution in [-0.4, -0.2) is 37.7 Å². The van der Waals surface area contributed by atoms with E-state index in [0.29, 0.717) is 5.92 Å². The number of piperidine rings is 1. The van der Waals surface area contributed by atoms with Crippen LogP contribution >= 0.6 is 0 Å². The summed E-state index contributed by atoms with van der Waals surface area (Å²) in [5, 5.41) is 0. The fourth-order valence-electron chi connectivity index (χ4n) is 4.57. The molecule has 2 atom stereocenters. The Bertz CT molecular complexity index is 719. The minimum Gasteiger partial charge on any atom is -0.493 e. The van der Waals surface area contributed by atoms with Crippen molar-refractivity contribution < 1.29 is 9.47 Å². The zero-order valence-corrected chi connectivity index (χ0v) is 15.9. The van der Waals surface area contributed by atoms with Crippen molar-refractivity contribution in [2.24, 2.45) is 11.8 Å². The molecule has 0 spiro atoms. The Hall–Kier alpha value is -2.00. The second-order valence-electron chi connectivity index (χ2n) is 7.88. The molecular formula is C23H29NO2. The summed E-state index contributed by atoms with van der Waals surface area (Å²) in [5.74, 6) is 2.99. The molecule has 2 aromatic rings. The predicted molar refractivity (Wildman–Crippen MR) is 105 cm³/mol. The highest BCUT2D eigenvalue weighted by molar-refractivity contribution is 5.39. The number of nitrogens with zero attached hydrogens (tertiary/aromatic N) is 1. The second kappa shape index (κ2) is 7.71. The molecule has 0 saturated carbocycles. The maximum absolute atomic E-state index is 6.31. The van der Waals surface area contributed by atoms with Gasteiger partial charge in [0.15, 0.2) is 11.5 Å². The van der Waals surface area contributed by atoms with E-state index < -0.39 is 0 Å². The molecule has 26 heavy (non-hydrogen) atoms. The summed E-state index contributed by atoms with van der Waals surface area (Å²) in [6.07, 6.45) is 3.83. The number of rotatable bonds is 5. The van der Waals surface area contributed by atoms with Gasteiger partial charge in [0, 0.05) is 25.6 Å². The lowest BCUT2D eigenvalue weighted by atomic mass is 9.94. The molecule has 2 aromatic carbocycles. The molecule has 0 aromatic heterocycles. The van der Waals surface area contributed by atoms with E-state index in [4.69, 9.17) is 9.47 Å². The van der Waals surface area contributed by atoms with E-state index in [1.165, 1.54) is 19.4 Å². The van der Waals surface area contributed by atoms with Crippen LogP contribution in [0.15, 0.2) is 48.5 Å². The molecule has 138 valence electrons. The highest BCUT2D eigenvalue weighted by Crippen LogP contribution is 2.32. The zero-order valence-electron chi connectivity index (χ0n) is 15.9. The average molecular weight is 351 g/mol. The van der Waals surface area contributed by atoms with Gasteiger partial charge in [-0.25, -0.2) is 0 Å². The Morgan fingerprint density at radius 2 is 1.62 bits per heavy atom. The summed E-state index contributed by atoms with van der Waals surface area (Å²) in [7, 11) is 1.70. The topological polar surface area (TPSA) is 21.7 Å². The molecule has 2 aliphatic rings. The number of hydrogen-bond acceptors (Lipinski definition) is 3. The first-order chi connectivity index (χ1) is 12.7. The van der Waals surface area contributed by atoms with Gasteiger partial charge in [-0.15, -0.1) is 0 Å². The van der Waals surface area contributed by atoms with Gasteiger partial charge in [0.05, 0.1) is 7.11 Å². The van der Waals surface area contributed by atoms with Crippen molar-refractivity contribution >= 4 is 0 Å². The molecule has 3 heteroatoms. The van der Waals surface area contributed by atoms with Gasteiger partial charge in [0.1, 0.15) is 6.10 Å². The van der Waals surface area contributed by atoms with Crippen molar-refractivity contribution in [1.82, 2.24) is 4.90 Å². The molecule has 1 saturated heterocycles. The Labute approximate surface area is 156 Å². The van der Waals surface area contributed by atoms with Crippen LogP contribution in [0.2, 0.25) is 0 Å². The fraction of sp³-hybridized carbons (Fsp3) is 0.478. The zero-order chi connectivity index (χ0) is 17.9. The lowest BCUT2D eigenvalue weighted by molar-refractivity contribution is 0.0443. The molecule has 0 N–H and O–H groups in total. The summed E-state index contributed by atoms with van der Waals surface area (Å²) in [6, 6.07) is 16.9. The van der Waals surface area contributed by atoms with E-state index >= 15 is 0 Å². The van der Waals surface area contributed by atoms with E-state index in [-0.39, 0.29) is 6.10 Å². The van der Waals surface area contributed by atoms with E-state index in [2.05, 4.69) is 36.1 Å². The first-order valence-electron chi connectivity index (χ1n) is 9.81. The van der Waals surface area contributed by atoms with E-state index in [1.807, 2.05) is 24.3 Å². The minimum atomic E-state index is 0.267. The molecule has 1 fully saturated rings. The first-order valence-corrected chi connectivity index (χ1v) is 9.81. The van der Waals surface area contributed by atoms with Crippen molar-refractivity contribution in [2.45, 2.75) is 32.3 Å². The molecule has 4 rings (SSSR count). The van der Waals surface area contributed by atoms with Crippen LogP contribution in [0.1, 0.15) is 24.5 Å². The van der Waals surface area contributed by atoms with Crippen LogP contribution < -0.4 is 9.47 Å². The van der Waals surface area contributed by atoms with E-state index in [1.54, 1.807) is 18.2 Å². The molecule has 1 aliphatic carbocycles. The third-order valence-corrected chi connectivity index (χ3v) is 5.91. The average Bonchev–Trinajstić information content (AvgIpc) is 3.06. The predicted octanol–water partition coefficient (Wildman–Crippen LogP) is 4.20. The maximum Gasteiger partial charge on any atom is 0.161 e.